The first kappa shape index (κ1) is 24.5. The Morgan fingerprint density at radius 3 is 1.85 bits per heavy atom. The third-order valence-corrected chi connectivity index (χ3v) is 5.82. The predicted molar refractivity (Wildman–Crippen MR) is 128 cm³/mol. The van der Waals surface area contributed by atoms with Crippen molar-refractivity contribution in [3.63, 3.8) is 0 Å². The predicted octanol–water partition coefficient (Wildman–Crippen LogP) is 4.11. The molecule has 1 N–H and O–H groups in total. The van der Waals surface area contributed by atoms with Gasteiger partial charge in [0, 0.05) is 7.11 Å². The summed E-state index contributed by atoms with van der Waals surface area (Å²) in [4.78, 5) is 0. The lowest BCUT2D eigenvalue weighted by Crippen LogP contribution is -2.44. The van der Waals surface area contributed by atoms with Crippen molar-refractivity contribution in [2.24, 2.45) is 0 Å². The van der Waals surface area contributed by atoms with Crippen molar-refractivity contribution in [1.29, 1.82) is 0 Å². The van der Waals surface area contributed by atoms with Gasteiger partial charge in [0.2, 0.25) is 0 Å². The van der Waals surface area contributed by atoms with Crippen molar-refractivity contribution >= 4 is 0 Å². The van der Waals surface area contributed by atoms with Gasteiger partial charge in [-0.3, -0.25) is 0 Å². The normalized spacial score (nSPS) is 23.1. The maximum atomic E-state index is 10.9. The highest BCUT2D eigenvalue weighted by Gasteiger charge is 2.48. The minimum Gasteiger partial charge on any atom is -0.385 e. The smallest absolute Gasteiger partial charge is 0.186 e. The van der Waals surface area contributed by atoms with Gasteiger partial charge in [0.25, 0.3) is 0 Å². The summed E-state index contributed by atoms with van der Waals surface area (Å²) < 4.78 is 29.9. The average molecular weight is 465 g/mol. The summed E-state index contributed by atoms with van der Waals surface area (Å²) in [6, 6.07) is 29.7. The van der Waals surface area contributed by atoms with Crippen molar-refractivity contribution in [2.75, 3.05) is 13.7 Å². The Morgan fingerprint density at radius 2 is 1.29 bits per heavy atom. The molecule has 180 valence electrons. The molecule has 1 heterocycles. The molecule has 1 saturated heterocycles. The minimum absolute atomic E-state index is 0.279. The Balaban J connectivity index is 1.46. The molecule has 6 heteroatoms. The zero-order chi connectivity index (χ0) is 23.6. The highest BCUT2D eigenvalue weighted by atomic mass is 16.7. The number of aliphatic hydroxyl groups excluding tert-OH is 1. The van der Waals surface area contributed by atoms with Crippen LogP contribution in [0.3, 0.4) is 0 Å². The van der Waals surface area contributed by atoms with Crippen LogP contribution in [0.5, 0.6) is 0 Å². The first-order valence-corrected chi connectivity index (χ1v) is 11.5. The largest absolute Gasteiger partial charge is 0.385 e. The van der Waals surface area contributed by atoms with E-state index in [1.54, 1.807) is 0 Å². The van der Waals surface area contributed by atoms with Crippen LogP contribution in [0.25, 0.3) is 0 Å². The van der Waals surface area contributed by atoms with Crippen molar-refractivity contribution in [1.82, 2.24) is 0 Å². The lowest BCUT2D eigenvalue weighted by atomic mass is 10.1. The molecule has 34 heavy (non-hydrogen) atoms. The van der Waals surface area contributed by atoms with Crippen LogP contribution in [0.2, 0.25) is 0 Å². The van der Waals surface area contributed by atoms with Gasteiger partial charge in [-0.1, -0.05) is 91.0 Å². The molecule has 1 aliphatic rings. The standard InChI is InChI=1S/C28H32O6/c1-30-28-25(29)27(33-19-23-15-9-4-10-16-23)26(34-28)24(32-18-22-13-7-3-8-14-22)20-31-17-21-11-5-2-6-12-21/h2-16,24-29H,17-20H2,1H3/t24-,25-,26-,27-,28?/m1/s1. The number of benzene rings is 3. The highest BCUT2D eigenvalue weighted by Crippen LogP contribution is 2.29. The van der Waals surface area contributed by atoms with Crippen molar-refractivity contribution in [3.05, 3.63) is 108 Å². The van der Waals surface area contributed by atoms with Gasteiger partial charge in [-0.2, -0.15) is 0 Å². The molecule has 0 amide bonds. The molecular formula is C28H32O6. The fourth-order valence-electron chi connectivity index (χ4n) is 4.00. The molecule has 1 fully saturated rings. The molecule has 1 aliphatic heterocycles. The molecule has 4 rings (SSSR count). The van der Waals surface area contributed by atoms with E-state index in [9.17, 15) is 5.11 Å². The van der Waals surface area contributed by atoms with Crippen LogP contribution in [0, 0.1) is 0 Å². The molecule has 0 radical (unpaired) electrons. The van der Waals surface area contributed by atoms with E-state index in [2.05, 4.69) is 0 Å². The van der Waals surface area contributed by atoms with Gasteiger partial charge in [0.1, 0.15) is 24.4 Å². The molecule has 3 aromatic carbocycles. The zero-order valence-corrected chi connectivity index (χ0v) is 19.4. The average Bonchev–Trinajstić information content (AvgIpc) is 3.21. The Kier molecular flexibility index (Phi) is 9.21. The topological polar surface area (TPSA) is 66.4 Å². The molecule has 0 aliphatic carbocycles. The van der Waals surface area contributed by atoms with Crippen LogP contribution in [0.15, 0.2) is 91.0 Å². The summed E-state index contributed by atoms with van der Waals surface area (Å²) in [5.74, 6) is 0. The van der Waals surface area contributed by atoms with Crippen LogP contribution in [-0.2, 0) is 43.5 Å². The van der Waals surface area contributed by atoms with Gasteiger partial charge in [-0.05, 0) is 16.7 Å². The number of aliphatic hydroxyl groups is 1. The van der Waals surface area contributed by atoms with Crippen molar-refractivity contribution < 1.29 is 28.8 Å². The van der Waals surface area contributed by atoms with E-state index in [0.717, 1.165) is 16.7 Å². The number of ether oxygens (including phenoxy) is 5. The monoisotopic (exact) mass is 464 g/mol. The SMILES string of the molecule is COC1O[C@H]([C@@H](COCc2ccccc2)OCc2ccccc2)[C@H](OCc2ccccc2)[C@H]1O. The van der Waals surface area contributed by atoms with Crippen LogP contribution < -0.4 is 0 Å². The molecule has 0 bridgehead atoms. The zero-order valence-electron chi connectivity index (χ0n) is 19.4. The molecule has 0 aromatic heterocycles. The van der Waals surface area contributed by atoms with Gasteiger partial charge < -0.3 is 28.8 Å². The fraction of sp³-hybridized carbons (Fsp3) is 0.357. The fourth-order valence-corrected chi connectivity index (χ4v) is 4.00. The van der Waals surface area contributed by atoms with Crippen LogP contribution in [0.4, 0.5) is 0 Å². The molecular weight excluding hydrogens is 432 g/mol. The maximum absolute atomic E-state index is 10.9. The van der Waals surface area contributed by atoms with Crippen LogP contribution in [0.1, 0.15) is 16.7 Å². The lowest BCUT2D eigenvalue weighted by molar-refractivity contribution is -0.181. The number of rotatable bonds is 12. The van der Waals surface area contributed by atoms with E-state index in [-0.39, 0.29) is 6.61 Å². The molecule has 3 aromatic rings. The van der Waals surface area contributed by atoms with E-state index in [1.807, 2.05) is 91.0 Å². The summed E-state index contributed by atoms with van der Waals surface area (Å²) in [7, 11) is 1.51. The Hall–Kier alpha value is -2.58. The summed E-state index contributed by atoms with van der Waals surface area (Å²) in [6.45, 7) is 1.46. The highest BCUT2D eigenvalue weighted by molar-refractivity contribution is 5.15. The van der Waals surface area contributed by atoms with E-state index in [4.69, 9.17) is 23.7 Å². The lowest BCUT2D eigenvalue weighted by Gasteiger charge is -2.28. The van der Waals surface area contributed by atoms with Gasteiger partial charge in [0.05, 0.1) is 26.4 Å². The maximum Gasteiger partial charge on any atom is 0.186 e. The molecule has 0 spiro atoms. The number of hydrogen-bond donors (Lipinski definition) is 1. The van der Waals surface area contributed by atoms with Crippen molar-refractivity contribution in [3.8, 4) is 0 Å². The first-order chi connectivity index (χ1) is 16.7. The van der Waals surface area contributed by atoms with Gasteiger partial charge in [0.15, 0.2) is 6.29 Å². The minimum atomic E-state index is -0.948. The Morgan fingerprint density at radius 1 is 0.765 bits per heavy atom. The second kappa shape index (κ2) is 12.8. The van der Waals surface area contributed by atoms with E-state index < -0.39 is 30.7 Å². The third-order valence-electron chi connectivity index (χ3n) is 5.82. The van der Waals surface area contributed by atoms with E-state index in [1.165, 1.54) is 7.11 Å². The summed E-state index contributed by atoms with van der Waals surface area (Å²) in [5.41, 5.74) is 3.12. The van der Waals surface area contributed by atoms with E-state index >= 15 is 0 Å². The summed E-state index contributed by atoms with van der Waals surface area (Å²) in [6.07, 6.45) is -3.42. The van der Waals surface area contributed by atoms with Crippen LogP contribution >= 0.6 is 0 Å². The summed E-state index contributed by atoms with van der Waals surface area (Å²) in [5, 5.41) is 10.9. The van der Waals surface area contributed by atoms with Crippen molar-refractivity contribution in [2.45, 2.75) is 50.5 Å². The van der Waals surface area contributed by atoms with Gasteiger partial charge in [-0.15, -0.1) is 0 Å². The van der Waals surface area contributed by atoms with E-state index in [0.29, 0.717) is 19.8 Å². The molecule has 5 atom stereocenters. The summed E-state index contributed by atoms with van der Waals surface area (Å²) >= 11 is 0. The molecule has 6 nitrogen and oxygen atoms in total. The van der Waals surface area contributed by atoms with Gasteiger partial charge >= 0.3 is 0 Å². The Labute approximate surface area is 201 Å². The third kappa shape index (κ3) is 6.73. The second-order valence-electron chi connectivity index (χ2n) is 8.29. The van der Waals surface area contributed by atoms with Crippen LogP contribution in [-0.4, -0.2) is 49.5 Å². The number of methoxy groups -OCH3 is 1. The van der Waals surface area contributed by atoms with Gasteiger partial charge in [-0.25, -0.2) is 0 Å². The quantitative estimate of drug-likeness (QED) is 0.435. The molecule has 1 unspecified atom stereocenters. The Bertz CT molecular complexity index is 952. The second-order valence-corrected chi connectivity index (χ2v) is 8.29. The molecule has 0 saturated carbocycles. The first-order valence-electron chi connectivity index (χ1n) is 11.5. The number of hydrogen-bond acceptors (Lipinski definition) is 6.